The summed E-state index contributed by atoms with van der Waals surface area (Å²) >= 11 is 1.62. The second kappa shape index (κ2) is 7.48. The molecule has 3 aromatic rings. The number of anilines is 1. The molecular formula is C18H19N5OS. The number of benzene rings is 1. The highest BCUT2D eigenvalue weighted by Gasteiger charge is 2.13. The van der Waals surface area contributed by atoms with Crippen LogP contribution in [0.3, 0.4) is 0 Å². The van der Waals surface area contributed by atoms with E-state index in [1.165, 1.54) is 0 Å². The van der Waals surface area contributed by atoms with E-state index in [0.717, 1.165) is 22.0 Å². The summed E-state index contributed by atoms with van der Waals surface area (Å²) in [6, 6.07) is 11.4. The first-order valence-electron chi connectivity index (χ1n) is 7.87. The molecule has 0 saturated carbocycles. The quantitative estimate of drug-likeness (QED) is 0.709. The van der Waals surface area contributed by atoms with Crippen molar-refractivity contribution in [1.82, 2.24) is 19.7 Å². The second-order valence-electron chi connectivity index (χ2n) is 5.78. The van der Waals surface area contributed by atoms with E-state index in [1.54, 1.807) is 30.4 Å². The summed E-state index contributed by atoms with van der Waals surface area (Å²) < 4.78 is 1.89. The van der Waals surface area contributed by atoms with Gasteiger partial charge in [0.1, 0.15) is 12.0 Å². The molecule has 0 aliphatic heterocycles. The van der Waals surface area contributed by atoms with Gasteiger partial charge in [0.2, 0.25) is 0 Å². The summed E-state index contributed by atoms with van der Waals surface area (Å²) in [5.74, 6) is -0.213. The molecule has 2 aromatic heterocycles. The molecule has 0 bridgehead atoms. The molecule has 0 aliphatic rings. The Kier molecular flexibility index (Phi) is 5.14. The number of hydrogen-bond acceptors (Lipinski definition) is 5. The molecule has 128 valence electrons. The van der Waals surface area contributed by atoms with Crippen molar-refractivity contribution in [1.29, 1.82) is 0 Å². The number of rotatable bonds is 5. The summed E-state index contributed by atoms with van der Waals surface area (Å²) in [4.78, 5) is 16.5. The normalized spacial score (nSPS) is 12.0. The lowest BCUT2D eigenvalue weighted by molar-refractivity contribution is 0.102. The fourth-order valence-electron chi connectivity index (χ4n) is 2.33. The van der Waals surface area contributed by atoms with Crippen LogP contribution in [0.5, 0.6) is 0 Å². The molecule has 0 fully saturated rings. The van der Waals surface area contributed by atoms with Crippen LogP contribution in [0.1, 0.15) is 33.8 Å². The monoisotopic (exact) mass is 353 g/mol. The van der Waals surface area contributed by atoms with Crippen molar-refractivity contribution in [2.45, 2.75) is 24.3 Å². The molecule has 0 spiro atoms. The molecule has 0 aliphatic carbocycles. The Bertz CT molecular complexity index is 892. The summed E-state index contributed by atoms with van der Waals surface area (Å²) in [5.41, 5.74) is 3.26. The molecule has 1 amide bonds. The summed E-state index contributed by atoms with van der Waals surface area (Å²) in [5, 5.41) is 11.9. The van der Waals surface area contributed by atoms with Crippen LogP contribution in [-0.2, 0) is 7.05 Å². The van der Waals surface area contributed by atoms with E-state index < -0.39 is 0 Å². The third-order valence-electron chi connectivity index (χ3n) is 3.71. The molecule has 2 heterocycles. The van der Waals surface area contributed by atoms with Crippen LogP contribution >= 0.6 is 11.8 Å². The first-order chi connectivity index (χ1) is 12.0. The van der Waals surface area contributed by atoms with Crippen molar-refractivity contribution in [3.8, 4) is 0 Å². The van der Waals surface area contributed by atoms with Gasteiger partial charge in [-0.25, -0.2) is 0 Å². The predicted molar refractivity (Wildman–Crippen MR) is 98.6 cm³/mol. The molecule has 0 saturated heterocycles. The van der Waals surface area contributed by atoms with Gasteiger partial charge in [-0.1, -0.05) is 23.9 Å². The zero-order valence-corrected chi connectivity index (χ0v) is 15.1. The van der Waals surface area contributed by atoms with Crippen LogP contribution in [0.4, 0.5) is 5.69 Å². The van der Waals surface area contributed by atoms with Gasteiger partial charge < -0.3 is 9.88 Å². The van der Waals surface area contributed by atoms with Crippen molar-refractivity contribution in [3.63, 3.8) is 0 Å². The van der Waals surface area contributed by atoms with Crippen LogP contribution < -0.4 is 5.32 Å². The van der Waals surface area contributed by atoms with Gasteiger partial charge in [0, 0.05) is 24.2 Å². The average molecular weight is 353 g/mol. The van der Waals surface area contributed by atoms with E-state index in [2.05, 4.69) is 27.4 Å². The number of carbonyl (C=O) groups is 1. The Morgan fingerprint density at radius 1 is 1.28 bits per heavy atom. The van der Waals surface area contributed by atoms with E-state index in [9.17, 15) is 4.79 Å². The standard InChI is InChI=1S/C18H19N5OS/c1-12-7-8-19-16(9-12)17(24)21-15-6-4-5-14(10-15)13(2)25-18-22-20-11-23(18)3/h4-11,13H,1-3H3,(H,21,24). The van der Waals surface area contributed by atoms with E-state index in [0.29, 0.717) is 5.69 Å². The zero-order valence-electron chi connectivity index (χ0n) is 14.3. The maximum atomic E-state index is 12.3. The minimum absolute atomic E-state index is 0.178. The molecular weight excluding hydrogens is 334 g/mol. The van der Waals surface area contributed by atoms with E-state index in [-0.39, 0.29) is 11.2 Å². The van der Waals surface area contributed by atoms with Crippen LogP contribution in [-0.4, -0.2) is 25.7 Å². The van der Waals surface area contributed by atoms with Crippen LogP contribution in [0, 0.1) is 6.92 Å². The minimum atomic E-state index is -0.213. The Morgan fingerprint density at radius 3 is 2.84 bits per heavy atom. The van der Waals surface area contributed by atoms with Crippen molar-refractivity contribution in [3.05, 3.63) is 65.7 Å². The first kappa shape index (κ1) is 17.2. The molecule has 25 heavy (non-hydrogen) atoms. The Labute approximate surface area is 150 Å². The lowest BCUT2D eigenvalue weighted by atomic mass is 10.1. The number of amides is 1. The number of nitrogens with one attached hydrogen (secondary N) is 1. The van der Waals surface area contributed by atoms with Crippen LogP contribution in [0.2, 0.25) is 0 Å². The second-order valence-corrected chi connectivity index (χ2v) is 7.09. The maximum absolute atomic E-state index is 12.3. The SMILES string of the molecule is Cc1ccnc(C(=O)Nc2cccc(C(C)Sc3nncn3C)c2)c1. The lowest BCUT2D eigenvalue weighted by Gasteiger charge is -2.13. The van der Waals surface area contributed by atoms with Gasteiger partial charge in [-0.2, -0.15) is 0 Å². The number of carbonyl (C=O) groups excluding carboxylic acids is 1. The first-order valence-corrected chi connectivity index (χ1v) is 8.75. The predicted octanol–water partition coefficient (Wildman–Crippen LogP) is 3.62. The third-order valence-corrected chi connectivity index (χ3v) is 4.92. The zero-order chi connectivity index (χ0) is 17.8. The van der Waals surface area contributed by atoms with Gasteiger partial charge in [-0.15, -0.1) is 10.2 Å². The molecule has 1 unspecified atom stereocenters. The maximum Gasteiger partial charge on any atom is 0.274 e. The van der Waals surface area contributed by atoms with E-state index in [1.807, 2.05) is 48.9 Å². The highest BCUT2D eigenvalue weighted by Crippen LogP contribution is 2.34. The number of pyridine rings is 1. The highest BCUT2D eigenvalue weighted by atomic mass is 32.2. The van der Waals surface area contributed by atoms with Crippen LogP contribution in [0.25, 0.3) is 0 Å². The van der Waals surface area contributed by atoms with E-state index in [4.69, 9.17) is 0 Å². The van der Waals surface area contributed by atoms with Crippen molar-refractivity contribution < 1.29 is 4.79 Å². The topological polar surface area (TPSA) is 72.7 Å². The van der Waals surface area contributed by atoms with Crippen molar-refractivity contribution >= 4 is 23.4 Å². The number of thioether (sulfide) groups is 1. The number of aromatic nitrogens is 4. The number of hydrogen-bond donors (Lipinski definition) is 1. The van der Waals surface area contributed by atoms with Gasteiger partial charge >= 0.3 is 0 Å². The fourth-order valence-corrected chi connectivity index (χ4v) is 3.24. The summed E-state index contributed by atoms with van der Waals surface area (Å²) in [6.45, 7) is 4.03. The fraction of sp³-hybridized carbons (Fsp3) is 0.222. The average Bonchev–Trinajstić information content (AvgIpc) is 3.00. The highest BCUT2D eigenvalue weighted by molar-refractivity contribution is 7.99. The molecule has 1 aromatic carbocycles. The molecule has 1 atom stereocenters. The largest absolute Gasteiger partial charge is 0.321 e. The van der Waals surface area contributed by atoms with Gasteiger partial charge in [0.05, 0.1) is 0 Å². The van der Waals surface area contributed by atoms with Crippen molar-refractivity contribution in [2.24, 2.45) is 7.05 Å². The summed E-state index contributed by atoms with van der Waals surface area (Å²) in [7, 11) is 1.92. The van der Waals surface area contributed by atoms with Gasteiger partial charge in [0.15, 0.2) is 5.16 Å². The van der Waals surface area contributed by atoms with Gasteiger partial charge in [-0.05, 0) is 49.2 Å². The minimum Gasteiger partial charge on any atom is -0.321 e. The third kappa shape index (κ3) is 4.24. The molecule has 7 heteroatoms. The summed E-state index contributed by atoms with van der Waals surface area (Å²) in [6.07, 6.45) is 3.32. The van der Waals surface area contributed by atoms with Crippen molar-refractivity contribution in [2.75, 3.05) is 5.32 Å². The number of nitrogens with zero attached hydrogens (tertiary/aromatic N) is 4. The Balaban J connectivity index is 1.73. The van der Waals surface area contributed by atoms with Gasteiger partial charge in [0.25, 0.3) is 5.91 Å². The number of aryl methyl sites for hydroxylation is 2. The lowest BCUT2D eigenvalue weighted by Crippen LogP contribution is -2.13. The molecule has 0 radical (unpaired) electrons. The van der Waals surface area contributed by atoms with Gasteiger partial charge in [-0.3, -0.25) is 9.78 Å². The Morgan fingerprint density at radius 2 is 2.12 bits per heavy atom. The molecule has 1 N–H and O–H groups in total. The Hall–Kier alpha value is -2.67. The van der Waals surface area contributed by atoms with Crippen LogP contribution in [0.15, 0.2) is 54.1 Å². The van der Waals surface area contributed by atoms with E-state index >= 15 is 0 Å². The molecule has 3 rings (SSSR count). The smallest absolute Gasteiger partial charge is 0.274 e. The molecule has 6 nitrogen and oxygen atoms in total.